The Morgan fingerprint density at radius 3 is 2.65 bits per heavy atom. The van der Waals surface area contributed by atoms with Gasteiger partial charge in [-0.25, -0.2) is 4.98 Å². The molecule has 1 amide bonds. The monoisotopic (exact) mass is 380 g/mol. The smallest absolute Gasteiger partial charge is 0.397 e. The van der Waals surface area contributed by atoms with Crippen LogP contribution in [0.15, 0.2) is 30.6 Å². The Hall–Kier alpha value is -2.68. The number of amides is 1. The Morgan fingerprint density at radius 1 is 1.31 bits per heavy atom. The van der Waals surface area contributed by atoms with Crippen molar-refractivity contribution in [2.45, 2.75) is 19.5 Å². The van der Waals surface area contributed by atoms with E-state index in [0.29, 0.717) is 13.0 Å². The quantitative estimate of drug-likeness (QED) is 0.725. The summed E-state index contributed by atoms with van der Waals surface area (Å²) in [5.41, 5.74) is 6.02. The van der Waals surface area contributed by atoms with Crippen molar-refractivity contribution in [1.29, 1.82) is 0 Å². The van der Waals surface area contributed by atoms with Crippen molar-refractivity contribution < 1.29 is 18.0 Å². The zero-order valence-electron chi connectivity index (χ0n) is 13.7. The fourth-order valence-corrected chi connectivity index (χ4v) is 3.67. The van der Waals surface area contributed by atoms with E-state index < -0.39 is 17.6 Å². The predicted molar refractivity (Wildman–Crippen MR) is 94.0 cm³/mol. The van der Waals surface area contributed by atoms with Crippen molar-refractivity contribution in [3.8, 4) is 0 Å². The second kappa shape index (κ2) is 6.91. The van der Waals surface area contributed by atoms with Gasteiger partial charge in [0.1, 0.15) is 9.71 Å². The molecule has 3 heterocycles. The van der Waals surface area contributed by atoms with Crippen LogP contribution >= 0.6 is 11.3 Å². The summed E-state index contributed by atoms with van der Waals surface area (Å²) < 4.78 is 39.9. The largest absolute Gasteiger partial charge is 0.417 e. The van der Waals surface area contributed by atoms with Gasteiger partial charge in [0, 0.05) is 30.0 Å². The Bertz CT molecular complexity index is 954. The number of anilines is 1. The lowest BCUT2D eigenvalue weighted by atomic mass is 10.1. The van der Waals surface area contributed by atoms with Gasteiger partial charge in [-0.2, -0.15) is 13.2 Å². The van der Waals surface area contributed by atoms with Crippen molar-refractivity contribution in [2.24, 2.45) is 0 Å². The number of pyridine rings is 2. The van der Waals surface area contributed by atoms with Crippen LogP contribution in [-0.4, -0.2) is 22.4 Å². The number of carbonyl (C=O) groups excluding carboxylic acids is 1. The first kappa shape index (κ1) is 18.1. The molecular formula is C17H15F3N4OS. The van der Waals surface area contributed by atoms with Crippen molar-refractivity contribution in [3.63, 3.8) is 0 Å². The summed E-state index contributed by atoms with van der Waals surface area (Å²) in [6.07, 6.45) is -0.706. The van der Waals surface area contributed by atoms with Gasteiger partial charge in [0.15, 0.2) is 0 Å². The molecule has 0 aliphatic rings. The molecule has 136 valence electrons. The highest BCUT2D eigenvalue weighted by Gasteiger charge is 2.35. The molecule has 0 saturated carbocycles. The number of hydrogen-bond donors (Lipinski definition) is 2. The number of nitrogen functional groups attached to an aromatic ring is 1. The van der Waals surface area contributed by atoms with Crippen LogP contribution in [0, 0.1) is 6.92 Å². The lowest BCUT2D eigenvalue weighted by molar-refractivity contribution is -0.136. The third-order valence-electron chi connectivity index (χ3n) is 3.79. The molecule has 0 aromatic carbocycles. The summed E-state index contributed by atoms with van der Waals surface area (Å²) in [6.45, 7) is 1.80. The Balaban J connectivity index is 1.86. The molecule has 0 fully saturated rings. The van der Waals surface area contributed by atoms with Gasteiger partial charge in [-0.1, -0.05) is 0 Å². The minimum absolute atomic E-state index is 0.0401. The Labute approximate surface area is 151 Å². The van der Waals surface area contributed by atoms with Crippen LogP contribution in [-0.2, 0) is 12.6 Å². The Kier molecular flexibility index (Phi) is 4.82. The molecule has 0 aliphatic carbocycles. The van der Waals surface area contributed by atoms with E-state index in [1.165, 1.54) is 6.92 Å². The van der Waals surface area contributed by atoms with Gasteiger partial charge in [-0.05, 0) is 37.1 Å². The van der Waals surface area contributed by atoms with Gasteiger partial charge in [-0.3, -0.25) is 9.78 Å². The highest BCUT2D eigenvalue weighted by Crippen LogP contribution is 2.42. The predicted octanol–water partition coefficient (Wildman–Crippen LogP) is 3.57. The second-order valence-electron chi connectivity index (χ2n) is 5.70. The maximum absolute atomic E-state index is 13.3. The molecule has 3 rings (SSSR count). The first-order chi connectivity index (χ1) is 12.3. The van der Waals surface area contributed by atoms with E-state index in [0.717, 1.165) is 23.0 Å². The highest BCUT2D eigenvalue weighted by atomic mass is 32.1. The third-order valence-corrected chi connectivity index (χ3v) is 4.89. The number of aryl methyl sites for hydroxylation is 1. The summed E-state index contributed by atoms with van der Waals surface area (Å²) in [5.74, 6) is -0.509. The fraction of sp³-hybridized carbons (Fsp3) is 0.235. The molecule has 5 nitrogen and oxygen atoms in total. The van der Waals surface area contributed by atoms with E-state index >= 15 is 0 Å². The number of fused-ring (bicyclic) bond motifs is 1. The van der Waals surface area contributed by atoms with Crippen LogP contribution in [0.25, 0.3) is 10.2 Å². The SMILES string of the molecule is Cc1cc(C(F)(F)F)c2c(N)c(C(=O)NCCc3ccncc3)sc2n1. The van der Waals surface area contributed by atoms with Crippen LogP contribution < -0.4 is 11.1 Å². The third kappa shape index (κ3) is 3.62. The van der Waals surface area contributed by atoms with Gasteiger partial charge < -0.3 is 11.1 Å². The number of halogens is 3. The van der Waals surface area contributed by atoms with Crippen molar-refractivity contribution in [1.82, 2.24) is 15.3 Å². The van der Waals surface area contributed by atoms with Gasteiger partial charge in [0.05, 0.1) is 11.3 Å². The minimum atomic E-state index is -4.57. The van der Waals surface area contributed by atoms with E-state index in [4.69, 9.17) is 5.73 Å². The number of alkyl halides is 3. The molecule has 26 heavy (non-hydrogen) atoms. The number of nitrogens with one attached hydrogen (secondary N) is 1. The van der Waals surface area contributed by atoms with Gasteiger partial charge in [0.25, 0.3) is 5.91 Å². The maximum atomic E-state index is 13.3. The lowest BCUT2D eigenvalue weighted by Gasteiger charge is -2.09. The molecule has 9 heteroatoms. The van der Waals surface area contributed by atoms with E-state index in [1.54, 1.807) is 12.4 Å². The number of hydrogen-bond acceptors (Lipinski definition) is 5. The summed E-state index contributed by atoms with van der Waals surface area (Å²) in [6, 6.07) is 4.58. The summed E-state index contributed by atoms with van der Waals surface area (Å²) >= 11 is 0.865. The number of carbonyl (C=O) groups is 1. The average Bonchev–Trinajstić information content (AvgIpc) is 2.91. The standard InChI is InChI=1S/C17H15F3N4OS/c1-9-8-11(17(18,19)20)12-13(21)14(26-16(12)24-9)15(25)23-7-4-10-2-5-22-6-3-10/h2-3,5-6,8H,4,7,21H2,1H3,(H,23,25). The van der Waals surface area contributed by atoms with E-state index in [-0.39, 0.29) is 26.5 Å². The van der Waals surface area contributed by atoms with Crippen molar-refractivity contribution in [3.05, 3.63) is 52.3 Å². The summed E-state index contributed by atoms with van der Waals surface area (Å²) in [5, 5.41) is 2.47. The zero-order chi connectivity index (χ0) is 18.9. The summed E-state index contributed by atoms with van der Waals surface area (Å²) in [7, 11) is 0. The lowest BCUT2D eigenvalue weighted by Crippen LogP contribution is -2.25. The molecule has 0 spiro atoms. The number of rotatable bonds is 4. The number of thiophene rings is 1. The van der Waals surface area contributed by atoms with Crippen LogP contribution in [0.2, 0.25) is 0 Å². The number of nitrogens with zero attached hydrogens (tertiary/aromatic N) is 2. The topological polar surface area (TPSA) is 80.9 Å². The molecule has 0 saturated heterocycles. The number of aromatic nitrogens is 2. The number of nitrogens with two attached hydrogens (primary N) is 1. The first-order valence-electron chi connectivity index (χ1n) is 7.71. The molecule has 3 N–H and O–H groups in total. The van der Waals surface area contributed by atoms with Gasteiger partial charge in [0.2, 0.25) is 0 Å². The zero-order valence-corrected chi connectivity index (χ0v) is 14.5. The fourth-order valence-electron chi connectivity index (χ4n) is 2.59. The second-order valence-corrected chi connectivity index (χ2v) is 6.69. The van der Waals surface area contributed by atoms with Crippen LogP contribution in [0.4, 0.5) is 18.9 Å². The maximum Gasteiger partial charge on any atom is 0.417 e. The van der Waals surface area contributed by atoms with Crippen molar-refractivity contribution >= 4 is 33.1 Å². The molecular weight excluding hydrogens is 365 g/mol. The molecule has 3 aromatic heterocycles. The normalized spacial score (nSPS) is 11.7. The van der Waals surface area contributed by atoms with Crippen molar-refractivity contribution in [2.75, 3.05) is 12.3 Å². The minimum Gasteiger partial charge on any atom is -0.397 e. The van der Waals surface area contributed by atoms with Gasteiger partial charge >= 0.3 is 6.18 Å². The molecule has 0 radical (unpaired) electrons. The molecule has 3 aromatic rings. The molecule has 0 atom stereocenters. The van der Waals surface area contributed by atoms with Crippen LogP contribution in [0.5, 0.6) is 0 Å². The highest BCUT2D eigenvalue weighted by molar-refractivity contribution is 7.21. The summed E-state index contributed by atoms with van der Waals surface area (Å²) in [4.78, 5) is 20.5. The van der Waals surface area contributed by atoms with E-state index in [9.17, 15) is 18.0 Å². The van der Waals surface area contributed by atoms with Gasteiger partial charge in [-0.15, -0.1) is 11.3 Å². The molecule has 0 unspecified atom stereocenters. The average molecular weight is 380 g/mol. The van der Waals surface area contributed by atoms with Crippen LogP contribution in [0.3, 0.4) is 0 Å². The van der Waals surface area contributed by atoms with E-state index in [2.05, 4.69) is 15.3 Å². The first-order valence-corrected chi connectivity index (χ1v) is 8.53. The Morgan fingerprint density at radius 2 is 2.00 bits per heavy atom. The van der Waals surface area contributed by atoms with E-state index in [1.807, 2.05) is 12.1 Å². The van der Waals surface area contributed by atoms with Crippen LogP contribution in [0.1, 0.15) is 26.5 Å². The molecule has 0 aliphatic heterocycles. The molecule has 0 bridgehead atoms.